The van der Waals surface area contributed by atoms with E-state index in [0.717, 1.165) is 21.2 Å². The van der Waals surface area contributed by atoms with E-state index in [2.05, 4.69) is 32.4 Å². The number of nitrogens with one attached hydrogen (secondary N) is 2. The smallest absolute Gasteiger partial charge is 0.410 e. The number of aromatic nitrogens is 2. The Balaban J connectivity index is 1.13. The number of morpholine rings is 1. The van der Waals surface area contributed by atoms with E-state index in [9.17, 15) is 17.6 Å². The number of benzene rings is 2. The zero-order chi connectivity index (χ0) is 30.0. The SMILES string of the molecule is O=C(O[C@@H]1CN[C@H](C#Cc2cc3c(Nc4ccc(S(=O)(=O)c5cccc(F)c5)c(Cl)c4)ncnc3s2)C1)N1CCOCC1. The number of amides is 1. The molecule has 0 aliphatic carbocycles. The fourth-order valence-corrected chi connectivity index (χ4v) is 7.42. The lowest BCUT2D eigenvalue weighted by Crippen LogP contribution is -2.42. The van der Waals surface area contributed by atoms with Gasteiger partial charge < -0.3 is 19.7 Å². The van der Waals surface area contributed by atoms with Crippen molar-refractivity contribution in [1.82, 2.24) is 20.2 Å². The maximum atomic E-state index is 13.6. The van der Waals surface area contributed by atoms with Gasteiger partial charge in [-0.1, -0.05) is 29.5 Å². The Kier molecular flexibility index (Phi) is 8.47. The van der Waals surface area contributed by atoms with Gasteiger partial charge in [-0.25, -0.2) is 27.6 Å². The van der Waals surface area contributed by atoms with Gasteiger partial charge in [-0.3, -0.25) is 5.32 Å². The van der Waals surface area contributed by atoms with Crippen molar-refractivity contribution < 1.29 is 27.1 Å². The molecule has 2 saturated heterocycles. The molecule has 43 heavy (non-hydrogen) atoms. The Bertz CT molecular complexity index is 1850. The van der Waals surface area contributed by atoms with E-state index in [1.807, 2.05) is 6.07 Å². The van der Waals surface area contributed by atoms with Crippen LogP contribution in [-0.2, 0) is 19.3 Å². The molecule has 222 valence electrons. The molecule has 0 bridgehead atoms. The van der Waals surface area contributed by atoms with Crippen molar-refractivity contribution in [2.24, 2.45) is 0 Å². The van der Waals surface area contributed by atoms with E-state index in [0.29, 0.717) is 50.8 Å². The number of fused-ring (bicyclic) bond motifs is 1. The largest absolute Gasteiger partial charge is 0.445 e. The van der Waals surface area contributed by atoms with Crippen molar-refractivity contribution in [3.05, 3.63) is 70.6 Å². The first-order valence-electron chi connectivity index (χ1n) is 13.4. The molecule has 2 fully saturated rings. The van der Waals surface area contributed by atoms with Crippen LogP contribution in [0.25, 0.3) is 10.2 Å². The minimum Gasteiger partial charge on any atom is -0.445 e. The van der Waals surface area contributed by atoms with Gasteiger partial charge in [-0.15, -0.1) is 11.3 Å². The van der Waals surface area contributed by atoms with Gasteiger partial charge in [0, 0.05) is 31.7 Å². The van der Waals surface area contributed by atoms with Crippen LogP contribution in [0.3, 0.4) is 0 Å². The minimum absolute atomic E-state index is 0.0190. The number of nitrogens with zero attached hydrogens (tertiary/aromatic N) is 3. The van der Waals surface area contributed by atoms with Gasteiger partial charge in [-0.05, 0) is 42.5 Å². The summed E-state index contributed by atoms with van der Waals surface area (Å²) in [7, 11) is -4.02. The third-order valence-corrected chi connectivity index (χ3v) is 10.1. The van der Waals surface area contributed by atoms with Crippen molar-refractivity contribution in [1.29, 1.82) is 0 Å². The second-order valence-electron chi connectivity index (χ2n) is 9.85. The lowest BCUT2D eigenvalue weighted by atomic mass is 10.2. The summed E-state index contributed by atoms with van der Waals surface area (Å²) in [4.78, 5) is 23.9. The van der Waals surface area contributed by atoms with Crippen LogP contribution in [0.5, 0.6) is 0 Å². The normalized spacial score (nSPS) is 18.7. The summed E-state index contributed by atoms with van der Waals surface area (Å²) in [6.45, 7) is 2.64. The number of halogens is 2. The molecule has 2 aromatic heterocycles. The second-order valence-corrected chi connectivity index (χ2v) is 13.2. The molecule has 2 atom stereocenters. The fourth-order valence-electron chi connectivity index (χ4n) is 4.74. The van der Waals surface area contributed by atoms with E-state index in [4.69, 9.17) is 21.1 Å². The van der Waals surface area contributed by atoms with Crippen LogP contribution in [0.2, 0.25) is 5.02 Å². The molecule has 1 amide bonds. The van der Waals surface area contributed by atoms with E-state index in [1.54, 1.807) is 11.0 Å². The zero-order valence-corrected chi connectivity index (χ0v) is 24.9. The molecule has 0 saturated carbocycles. The lowest BCUT2D eigenvalue weighted by Gasteiger charge is -2.27. The summed E-state index contributed by atoms with van der Waals surface area (Å²) in [5.74, 6) is 6.24. The molecule has 2 aliphatic heterocycles. The van der Waals surface area contributed by atoms with Crippen LogP contribution in [0, 0.1) is 17.7 Å². The lowest BCUT2D eigenvalue weighted by molar-refractivity contribution is 0.0156. The Hall–Kier alpha value is -3.80. The topological polar surface area (TPSA) is 123 Å². The van der Waals surface area contributed by atoms with Crippen molar-refractivity contribution in [2.75, 3.05) is 38.2 Å². The highest BCUT2D eigenvalue weighted by atomic mass is 35.5. The van der Waals surface area contributed by atoms with Crippen LogP contribution in [0.15, 0.2) is 64.6 Å². The predicted octanol–water partition coefficient (Wildman–Crippen LogP) is 4.61. The number of anilines is 2. The number of hydrogen-bond acceptors (Lipinski definition) is 10. The van der Waals surface area contributed by atoms with Gasteiger partial charge in [0.05, 0.1) is 44.3 Å². The van der Waals surface area contributed by atoms with Crippen LogP contribution < -0.4 is 10.6 Å². The maximum absolute atomic E-state index is 13.6. The van der Waals surface area contributed by atoms with Crippen molar-refractivity contribution >= 4 is 60.6 Å². The number of hydrogen-bond donors (Lipinski definition) is 2. The van der Waals surface area contributed by atoms with Crippen LogP contribution >= 0.6 is 22.9 Å². The quantitative estimate of drug-likeness (QED) is 0.301. The molecule has 10 nitrogen and oxygen atoms in total. The third-order valence-electron chi connectivity index (χ3n) is 6.92. The molecule has 2 N–H and O–H groups in total. The van der Waals surface area contributed by atoms with Gasteiger partial charge in [0.2, 0.25) is 9.84 Å². The van der Waals surface area contributed by atoms with Crippen molar-refractivity contribution in [3.8, 4) is 11.8 Å². The van der Waals surface area contributed by atoms with E-state index >= 15 is 0 Å². The van der Waals surface area contributed by atoms with Gasteiger partial charge in [0.25, 0.3) is 0 Å². The van der Waals surface area contributed by atoms with Gasteiger partial charge in [0.15, 0.2) is 0 Å². The monoisotopic (exact) mass is 641 g/mol. The Labute approximate surface area is 256 Å². The summed E-state index contributed by atoms with van der Waals surface area (Å²) in [5.41, 5.74) is 0.509. The summed E-state index contributed by atoms with van der Waals surface area (Å²) in [5, 5.41) is 7.18. The minimum atomic E-state index is -4.02. The first-order valence-corrected chi connectivity index (χ1v) is 16.0. The van der Waals surface area contributed by atoms with Gasteiger partial charge >= 0.3 is 6.09 Å². The summed E-state index contributed by atoms with van der Waals surface area (Å²) >= 11 is 7.78. The van der Waals surface area contributed by atoms with Crippen LogP contribution in [0.4, 0.5) is 20.7 Å². The van der Waals surface area contributed by atoms with Crippen LogP contribution in [-0.4, -0.2) is 74.4 Å². The number of rotatable bonds is 5. The first kappa shape index (κ1) is 29.3. The second kappa shape index (κ2) is 12.4. The molecule has 2 aromatic carbocycles. The average molecular weight is 642 g/mol. The number of ether oxygens (including phenoxy) is 2. The molecule has 4 heterocycles. The summed E-state index contributed by atoms with van der Waals surface area (Å²) in [6, 6.07) is 10.9. The summed E-state index contributed by atoms with van der Waals surface area (Å²) < 4.78 is 50.6. The number of thiophene rings is 1. The molecular formula is C29H25ClFN5O5S2. The molecule has 0 spiro atoms. The van der Waals surface area contributed by atoms with Gasteiger partial charge in [0.1, 0.15) is 28.9 Å². The van der Waals surface area contributed by atoms with Crippen LogP contribution in [0.1, 0.15) is 11.3 Å². The predicted molar refractivity (Wildman–Crippen MR) is 160 cm³/mol. The molecule has 0 unspecified atom stereocenters. The molecule has 2 aliphatic rings. The molecular weight excluding hydrogens is 617 g/mol. The van der Waals surface area contributed by atoms with Crippen molar-refractivity contribution in [3.63, 3.8) is 0 Å². The van der Waals surface area contributed by atoms with Crippen molar-refractivity contribution in [2.45, 2.75) is 28.4 Å². The van der Waals surface area contributed by atoms with E-state index in [-0.39, 0.29) is 33.1 Å². The molecule has 0 radical (unpaired) electrons. The Morgan fingerprint density at radius 2 is 2.02 bits per heavy atom. The molecule has 6 rings (SSSR count). The highest BCUT2D eigenvalue weighted by Crippen LogP contribution is 2.33. The number of carbonyl (C=O) groups is 1. The average Bonchev–Trinajstić information content (AvgIpc) is 3.63. The standard InChI is InChI=1S/C29H25ClFN5O5S2/c30-25-14-20(5-7-26(25)43(38,39)23-3-1-2-18(31)12-23)35-27-24-15-22(42-28(24)34-17-33-27)6-4-19-13-21(16-32-19)41-29(37)36-8-10-40-11-9-36/h1-3,5,7,12,14-15,17,19,21,32H,8-11,13,16H2,(H,33,34,35)/t19-,21+/m1/s1. The van der Waals surface area contributed by atoms with Gasteiger partial charge in [-0.2, -0.15) is 0 Å². The number of carbonyl (C=O) groups excluding carboxylic acids is 1. The number of sulfone groups is 1. The Morgan fingerprint density at radius 1 is 1.19 bits per heavy atom. The zero-order valence-electron chi connectivity index (χ0n) is 22.5. The van der Waals surface area contributed by atoms with E-state index < -0.39 is 15.7 Å². The molecule has 14 heteroatoms. The highest BCUT2D eigenvalue weighted by molar-refractivity contribution is 7.91. The van der Waals surface area contributed by atoms with E-state index in [1.165, 1.54) is 48.0 Å². The highest BCUT2D eigenvalue weighted by Gasteiger charge is 2.28. The third kappa shape index (κ3) is 6.58. The molecule has 4 aromatic rings. The Morgan fingerprint density at radius 3 is 2.81 bits per heavy atom. The summed E-state index contributed by atoms with van der Waals surface area (Å²) in [6.07, 6.45) is 1.44. The fraction of sp³-hybridized carbons (Fsp3) is 0.276. The maximum Gasteiger partial charge on any atom is 0.410 e. The first-order chi connectivity index (χ1) is 20.8.